The fourth-order valence-electron chi connectivity index (χ4n) is 5.01. The maximum absolute atomic E-state index is 13.9. The predicted octanol–water partition coefficient (Wildman–Crippen LogP) is 5.79. The third kappa shape index (κ3) is 5.55. The predicted molar refractivity (Wildman–Crippen MR) is 167 cm³/mol. The summed E-state index contributed by atoms with van der Waals surface area (Å²) in [5.41, 5.74) is 0.354. The number of rotatable bonds is 8. The van der Waals surface area contributed by atoms with Crippen molar-refractivity contribution in [1.82, 2.24) is 4.57 Å². The van der Waals surface area contributed by atoms with Crippen LogP contribution in [-0.2, 0) is 9.53 Å². The molecule has 0 N–H and O–H groups in total. The van der Waals surface area contributed by atoms with E-state index in [1.807, 2.05) is 0 Å². The third-order valence-electron chi connectivity index (χ3n) is 7.08. The Kier molecular flexibility index (Phi) is 7.98. The Morgan fingerprint density at radius 1 is 1.04 bits per heavy atom. The quantitative estimate of drug-likeness (QED) is 0.113. The van der Waals surface area contributed by atoms with Crippen LogP contribution in [0.3, 0.4) is 0 Å². The SMILES string of the molecule is CCOC(=O)C1=C(C)N=c2s/c(=C\c3ccc(-c4cccc([N+](=O)[O-])c4)o3)c(=O)n2[C@H]1c1ccc(-c2cc([N+](=O)[O-])ccc2Cl)o1. The van der Waals surface area contributed by atoms with Gasteiger partial charge >= 0.3 is 5.97 Å². The van der Waals surface area contributed by atoms with E-state index in [1.54, 1.807) is 50.2 Å². The molecule has 15 heteroatoms. The highest BCUT2D eigenvalue weighted by Crippen LogP contribution is 2.37. The summed E-state index contributed by atoms with van der Waals surface area (Å²) in [7, 11) is 0. The standard InChI is InChI=1S/C31H21ClN4O9S/c1-3-43-30(38)27-16(2)33-31-34(28(27)25-12-11-24(45-25)21-14-19(36(41)42)7-9-22(21)32)29(37)26(46-31)15-20-8-10-23(44-20)17-5-4-6-18(13-17)35(39)40/h4-15,28H,3H2,1-2H3/b26-15-/t28-/m0/s1. The van der Waals surface area contributed by atoms with E-state index in [2.05, 4.69) is 4.99 Å². The second kappa shape index (κ2) is 12.1. The van der Waals surface area contributed by atoms with Gasteiger partial charge in [-0.05, 0) is 44.2 Å². The average Bonchev–Trinajstić information content (AvgIpc) is 3.77. The molecule has 2 aromatic carbocycles. The van der Waals surface area contributed by atoms with Crippen molar-refractivity contribution < 1.29 is 28.2 Å². The van der Waals surface area contributed by atoms with Crippen molar-refractivity contribution in [3.63, 3.8) is 0 Å². The minimum Gasteiger partial charge on any atom is -0.463 e. The number of benzene rings is 2. The Morgan fingerprint density at radius 2 is 1.78 bits per heavy atom. The molecule has 0 fully saturated rings. The molecule has 0 saturated heterocycles. The second-order valence-electron chi connectivity index (χ2n) is 9.94. The minimum absolute atomic E-state index is 0.0743. The maximum Gasteiger partial charge on any atom is 0.338 e. The molecule has 232 valence electrons. The monoisotopic (exact) mass is 660 g/mol. The molecule has 0 saturated carbocycles. The lowest BCUT2D eigenvalue weighted by atomic mass is 10.0. The molecule has 0 bridgehead atoms. The van der Waals surface area contributed by atoms with Gasteiger partial charge in [0.25, 0.3) is 16.9 Å². The summed E-state index contributed by atoms with van der Waals surface area (Å²) in [6.07, 6.45) is 1.52. The Morgan fingerprint density at radius 3 is 2.52 bits per heavy atom. The van der Waals surface area contributed by atoms with Gasteiger partial charge in [0.2, 0.25) is 0 Å². The van der Waals surface area contributed by atoms with E-state index >= 15 is 0 Å². The first-order valence-corrected chi connectivity index (χ1v) is 14.8. The van der Waals surface area contributed by atoms with E-state index in [0.717, 1.165) is 11.3 Å². The van der Waals surface area contributed by atoms with Gasteiger partial charge in [-0.15, -0.1) is 0 Å². The zero-order valence-corrected chi connectivity index (χ0v) is 25.5. The molecule has 0 amide bonds. The number of esters is 1. The number of nitro groups is 2. The number of thiazole rings is 1. The molecule has 46 heavy (non-hydrogen) atoms. The van der Waals surface area contributed by atoms with E-state index in [-0.39, 0.29) is 55.0 Å². The van der Waals surface area contributed by atoms with Crippen molar-refractivity contribution in [3.8, 4) is 22.6 Å². The highest BCUT2D eigenvalue weighted by atomic mass is 35.5. The average molecular weight is 661 g/mol. The molecule has 0 aliphatic carbocycles. The maximum atomic E-state index is 13.9. The van der Waals surface area contributed by atoms with Gasteiger partial charge in [-0.2, -0.15) is 0 Å². The number of fused-ring (bicyclic) bond motifs is 1. The minimum atomic E-state index is -1.08. The lowest BCUT2D eigenvalue weighted by Crippen LogP contribution is -2.39. The largest absolute Gasteiger partial charge is 0.463 e. The summed E-state index contributed by atoms with van der Waals surface area (Å²) in [4.78, 5) is 53.5. The number of nitro benzene ring substituents is 2. The van der Waals surface area contributed by atoms with Crippen LogP contribution >= 0.6 is 22.9 Å². The number of carbonyl (C=O) groups excluding carboxylic acids is 1. The van der Waals surface area contributed by atoms with Gasteiger partial charge in [-0.25, -0.2) is 9.79 Å². The summed E-state index contributed by atoms with van der Waals surface area (Å²) < 4.78 is 18.9. The molecule has 5 aromatic rings. The van der Waals surface area contributed by atoms with Crippen molar-refractivity contribution in [2.24, 2.45) is 4.99 Å². The molecule has 1 aliphatic heterocycles. The highest BCUT2D eigenvalue weighted by molar-refractivity contribution is 7.07. The molecule has 6 rings (SSSR count). The molecule has 0 unspecified atom stereocenters. The zero-order valence-electron chi connectivity index (χ0n) is 24.0. The molecule has 0 radical (unpaired) electrons. The number of ether oxygens (including phenoxy) is 1. The highest BCUT2D eigenvalue weighted by Gasteiger charge is 2.35. The number of carbonyl (C=O) groups is 1. The fourth-order valence-corrected chi connectivity index (χ4v) is 6.25. The fraction of sp³-hybridized carbons (Fsp3) is 0.129. The molecule has 1 aliphatic rings. The molecule has 3 aromatic heterocycles. The van der Waals surface area contributed by atoms with Crippen LogP contribution in [0.15, 0.2) is 96.6 Å². The van der Waals surface area contributed by atoms with Crippen LogP contribution in [0.25, 0.3) is 28.7 Å². The Balaban J connectivity index is 1.46. The van der Waals surface area contributed by atoms with Crippen LogP contribution in [0.5, 0.6) is 0 Å². The van der Waals surface area contributed by atoms with E-state index < -0.39 is 27.4 Å². The van der Waals surface area contributed by atoms with E-state index in [1.165, 1.54) is 41.0 Å². The number of aromatic nitrogens is 1. The van der Waals surface area contributed by atoms with Crippen molar-refractivity contribution >= 4 is 46.4 Å². The molecule has 1 atom stereocenters. The number of allylic oxidation sites excluding steroid dienone is 1. The van der Waals surface area contributed by atoms with E-state index in [0.29, 0.717) is 22.8 Å². The Bertz CT molecular complexity index is 2280. The lowest BCUT2D eigenvalue weighted by molar-refractivity contribution is -0.385. The van der Waals surface area contributed by atoms with Crippen LogP contribution < -0.4 is 14.9 Å². The Labute approximate surface area is 267 Å². The number of non-ortho nitro benzene ring substituents is 2. The summed E-state index contributed by atoms with van der Waals surface area (Å²) in [5.74, 6) is 0.345. The van der Waals surface area contributed by atoms with Gasteiger partial charge in [0.05, 0.1) is 37.3 Å². The molecular weight excluding hydrogens is 640 g/mol. The number of nitrogens with zero attached hydrogens (tertiary/aromatic N) is 4. The lowest BCUT2D eigenvalue weighted by Gasteiger charge is -2.22. The number of hydrogen-bond donors (Lipinski definition) is 0. The zero-order chi connectivity index (χ0) is 32.7. The van der Waals surface area contributed by atoms with Gasteiger partial charge in [0.1, 0.15) is 29.1 Å². The van der Waals surface area contributed by atoms with Gasteiger partial charge in [-0.1, -0.05) is 35.1 Å². The van der Waals surface area contributed by atoms with Gasteiger partial charge in [0, 0.05) is 41.5 Å². The summed E-state index contributed by atoms with van der Waals surface area (Å²) in [6, 6.07) is 15.2. The van der Waals surface area contributed by atoms with Crippen LogP contribution in [0.2, 0.25) is 5.02 Å². The summed E-state index contributed by atoms with van der Waals surface area (Å²) >= 11 is 7.41. The van der Waals surface area contributed by atoms with E-state index in [9.17, 15) is 29.8 Å². The van der Waals surface area contributed by atoms with Crippen molar-refractivity contribution in [1.29, 1.82) is 0 Å². The smallest absolute Gasteiger partial charge is 0.338 e. The van der Waals surface area contributed by atoms with Crippen molar-refractivity contribution in [2.45, 2.75) is 19.9 Å². The number of furan rings is 2. The number of halogens is 1. The topological polar surface area (TPSA) is 173 Å². The van der Waals surface area contributed by atoms with Crippen LogP contribution in [0.4, 0.5) is 11.4 Å². The van der Waals surface area contributed by atoms with Crippen LogP contribution in [0, 0.1) is 20.2 Å². The molecular formula is C31H21ClN4O9S. The second-order valence-corrected chi connectivity index (χ2v) is 11.4. The van der Waals surface area contributed by atoms with Crippen LogP contribution in [0.1, 0.15) is 31.4 Å². The van der Waals surface area contributed by atoms with Crippen LogP contribution in [-0.4, -0.2) is 27.0 Å². The van der Waals surface area contributed by atoms with Gasteiger partial charge in [-0.3, -0.25) is 29.6 Å². The van der Waals surface area contributed by atoms with Crippen molar-refractivity contribution in [3.05, 3.63) is 134 Å². The first-order chi connectivity index (χ1) is 22.0. The first kappa shape index (κ1) is 30.4. The molecule has 13 nitrogen and oxygen atoms in total. The molecule has 0 spiro atoms. The Hall–Kier alpha value is -5.60. The summed E-state index contributed by atoms with van der Waals surface area (Å²) in [5, 5.41) is 22.8. The number of hydrogen-bond acceptors (Lipinski definition) is 11. The normalized spacial score (nSPS) is 14.6. The third-order valence-corrected chi connectivity index (χ3v) is 8.39. The summed E-state index contributed by atoms with van der Waals surface area (Å²) in [6.45, 7) is 3.35. The first-order valence-electron chi connectivity index (χ1n) is 13.6. The molecule has 4 heterocycles. The van der Waals surface area contributed by atoms with Gasteiger partial charge in [0.15, 0.2) is 4.80 Å². The van der Waals surface area contributed by atoms with Gasteiger partial charge < -0.3 is 13.6 Å². The van der Waals surface area contributed by atoms with Crippen molar-refractivity contribution in [2.75, 3.05) is 6.61 Å². The van der Waals surface area contributed by atoms with E-state index in [4.69, 9.17) is 25.2 Å².